The molecule has 6 nitrogen and oxygen atoms in total. The first-order chi connectivity index (χ1) is 4.59. The standard InChI is InChI=1S/C3H4O4.CO2/c4-1-2(5)3(6)7;2-1-3/h1,4-5H,(H,6,7);/b2-1-;. The maximum Gasteiger partial charge on any atom is 0.374 e. The highest BCUT2D eigenvalue weighted by Crippen LogP contribution is 1.81. The normalized spacial score (nSPS) is 8.60. The zero-order valence-corrected chi connectivity index (χ0v) is 4.64. The van der Waals surface area contributed by atoms with Crippen molar-refractivity contribution in [1.82, 2.24) is 0 Å². The maximum atomic E-state index is 9.45. The first kappa shape index (κ1) is 11.0. The van der Waals surface area contributed by atoms with Gasteiger partial charge in [0.1, 0.15) is 6.26 Å². The first-order valence-corrected chi connectivity index (χ1v) is 1.86. The van der Waals surface area contributed by atoms with Gasteiger partial charge in [-0.3, -0.25) is 0 Å². The Labute approximate surface area is 55.0 Å². The van der Waals surface area contributed by atoms with E-state index in [0.717, 1.165) is 0 Å². The SMILES string of the molecule is O=C(O)/C(O)=C/O.O=C=O. The molecule has 0 bridgehead atoms. The van der Waals surface area contributed by atoms with Crippen molar-refractivity contribution < 1.29 is 29.7 Å². The Kier molecular flexibility index (Phi) is 7.94. The van der Waals surface area contributed by atoms with Crippen molar-refractivity contribution in [2.75, 3.05) is 0 Å². The number of aliphatic hydroxyl groups is 2. The quantitative estimate of drug-likeness (QED) is 0.339. The lowest BCUT2D eigenvalue weighted by Gasteiger charge is -1.82. The molecule has 6 heteroatoms. The van der Waals surface area contributed by atoms with E-state index in [2.05, 4.69) is 0 Å². The van der Waals surface area contributed by atoms with Crippen LogP contribution in [0.5, 0.6) is 0 Å². The van der Waals surface area contributed by atoms with Crippen LogP contribution in [0.4, 0.5) is 0 Å². The second-order valence-electron chi connectivity index (χ2n) is 0.903. The van der Waals surface area contributed by atoms with E-state index in [0.29, 0.717) is 0 Å². The van der Waals surface area contributed by atoms with Crippen LogP contribution in [0.25, 0.3) is 0 Å². The van der Waals surface area contributed by atoms with E-state index in [-0.39, 0.29) is 12.4 Å². The van der Waals surface area contributed by atoms with Gasteiger partial charge in [0.25, 0.3) is 0 Å². The molecule has 0 rings (SSSR count). The number of aliphatic carboxylic acids is 1. The summed E-state index contributed by atoms with van der Waals surface area (Å²) in [4.78, 5) is 25.7. The number of carboxylic acid groups (broad SMARTS) is 1. The van der Waals surface area contributed by atoms with Crippen molar-refractivity contribution in [3.05, 3.63) is 12.0 Å². The van der Waals surface area contributed by atoms with Crippen molar-refractivity contribution in [3.63, 3.8) is 0 Å². The van der Waals surface area contributed by atoms with E-state index in [1.807, 2.05) is 0 Å². The molecule has 56 valence electrons. The number of rotatable bonds is 1. The highest BCUT2D eigenvalue weighted by atomic mass is 16.4. The number of hydrogen-bond donors (Lipinski definition) is 3. The molecule has 0 atom stereocenters. The van der Waals surface area contributed by atoms with E-state index < -0.39 is 11.7 Å². The van der Waals surface area contributed by atoms with Gasteiger partial charge in [0.2, 0.25) is 5.76 Å². The Morgan fingerprint density at radius 1 is 1.30 bits per heavy atom. The van der Waals surface area contributed by atoms with Crippen LogP contribution in [0, 0.1) is 0 Å². The zero-order chi connectivity index (χ0) is 8.57. The zero-order valence-electron chi connectivity index (χ0n) is 4.64. The number of aliphatic hydroxyl groups excluding tert-OH is 2. The summed E-state index contributed by atoms with van der Waals surface area (Å²) < 4.78 is 0. The second-order valence-corrected chi connectivity index (χ2v) is 0.903. The molecule has 0 spiro atoms. The van der Waals surface area contributed by atoms with Gasteiger partial charge in [-0.25, -0.2) is 4.79 Å². The molecule has 0 aliphatic carbocycles. The molecule has 0 aliphatic heterocycles. The van der Waals surface area contributed by atoms with Crippen molar-refractivity contribution >= 4 is 12.1 Å². The number of carbonyl (C=O) groups excluding carboxylic acids is 2. The fourth-order valence-corrected chi connectivity index (χ4v) is 0.0552. The van der Waals surface area contributed by atoms with Gasteiger partial charge in [-0.05, 0) is 0 Å². The molecule has 0 aromatic rings. The van der Waals surface area contributed by atoms with E-state index in [4.69, 9.17) is 24.9 Å². The molecule has 0 radical (unpaired) electrons. The third kappa shape index (κ3) is 9.50. The summed E-state index contributed by atoms with van der Waals surface area (Å²) in [6.45, 7) is 0. The Morgan fingerprint density at radius 2 is 1.60 bits per heavy atom. The maximum absolute atomic E-state index is 9.45. The van der Waals surface area contributed by atoms with Crippen molar-refractivity contribution in [3.8, 4) is 0 Å². The predicted molar refractivity (Wildman–Crippen MR) is 26.0 cm³/mol. The summed E-state index contributed by atoms with van der Waals surface area (Å²) in [5.41, 5.74) is 0. The minimum atomic E-state index is -1.54. The molecule has 0 aromatic heterocycles. The van der Waals surface area contributed by atoms with Crippen molar-refractivity contribution in [2.24, 2.45) is 0 Å². The molecule has 0 saturated heterocycles. The Morgan fingerprint density at radius 3 is 1.60 bits per heavy atom. The lowest BCUT2D eigenvalue weighted by molar-refractivity contribution is -0.191. The van der Waals surface area contributed by atoms with Crippen LogP contribution in [-0.4, -0.2) is 27.4 Å². The molecule has 0 heterocycles. The van der Waals surface area contributed by atoms with E-state index in [9.17, 15) is 4.79 Å². The van der Waals surface area contributed by atoms with Crippen LogP contribution >= 0.6 is 0 Å². The molecule has 0 aliphatic rings. The van der Waals surface area contributed by atoms with Crippen LogP contribution in [0.1, 0.15) is 0 Å². The lowest BCUT2D eigenvalue weighted by Crippen LogP contribution is -1.97. The number of carboxylic acids is 1. The summed E-state index contributed by atoms with van der Waals surface area (Å²) in [7, 11) is 0. The molecule has 0 amide bonds. The van der Waals surface area contributed by atoms with Crippen molar-refractivity contribution in [2.45, 2.75) is 0 Å². The molecule has 3 N–H and O–H groups in total. The van der Waals surface area contributed by atoms with Gasteiger partial charge in [0, 0.05) is 0 Å². The lowest BCUT2D eigenvalue weighted by atomic mass is 10.6. The van der Waals surface area contributed by atoms with E-state index in [1.165, 1.54) is 0 Å². The second kappa shape index (κ2) is 7.19. The molecule has 0 unspecified atom stereocenters. The third-order valence-corrected chi connectivity index (χ3v) is 0.341. The minimum absolute atomic E-state index is 0.113. The Balaban J connectivity index is 0. The first-order valence-electron chi connectivity index (χ1n) is 1.86. The van der Waals surface area contributed by atoms with Crippen LogP contribution in [0.2, 0.25) is 0 Å². The number of carbonyl (C=O) groups is 1. The minimum Gasteiger partial charge on any atom is -0.511 e. The van der Waals surface area contributed by atoms with Gasteiger partial charge in [-0.1, -0.05) is 0 Å². The molecule has 0 saturated carbocycles. The van der Waals surface area contributed by atoms with Gasteiger partial charge >= 0.3 is 12.1 Å². The van der Waals surface area contributed by atoms with Crippen LogP contribution in [0.15, 0.2) is 12.0 Å². The van der Waals surface area contributed by atoms with Crippen LogP contribution in [-0.2, 0) is 14.4 Å². The molecular weight excluding hydrogens is 144 g/mol. The monoisotopic (exact) mass is 148 g/mol. The highest BCUT2D eigenvalue weighted by Gasteiger charge is 1.99. The average molecular weight is 148 g/mol. The molecule has 0 aromatic carbocycles. The smallest absolute Gasteiger partial charge is 0.374 e. The van der Waals surface area contributed by atoms with Crippen LogP contribution < -0.4 is 0 Å². The Bertz CT molecular complexity index is 163. The summed E-state index contributed by atoms with van der Waals surface area (Å²) >= 11 is 0. The number of hydrogen-bond acceptors (Lipinski definition) is 5. The fourth-order valence-electron chi connectivity index (χ4n) is 0.0552. The summed E-state index contributed by atoms with van der Waals surface area (Å²) in [6.07, 6.45) is 0.363. The van der Waals surface area contributed by atoms with Gasteiger partial charge in [-0.15, -0.1) is 0 Å². The van der Waals surface area contributed by atoms with Crippen LogP contribution in [0.3, 0.4) is 0 Å². The largest absolute Gasteiger partial charge is 0.511 e. The van der Waals surface area contributed by atoms with E-state index in [1.54, 1.807) is 0 Å². The predicted octanol–water partition coefficient (Wildman–Crippen LogP) is -0.555. The molecule has 0 fully saturated rings. The Hall–Kier alpha value is -1.81. The summed E-state index contributed by atoms with van der Waals surface area (Å²) in [5.74, 6) is -2.59. The average Bonchev–Trinajstić information content (AvgIpc) is 1.88. The molecular formula is C4H4O6. The van der Waals surface area contributed by atoms with Gasteiger partial charge < -0.3 is 15.3 Å². The van der Waals surface area contributed by atoms with Gasteiger partial charge in [0.05, 0.1) is 0 Å². The van der Waals surface area contributed by atoms with Gasteiger partial charge in [0.15, 0.2) is 0 Å². The highest BCUT2D eigenvalue weighted by molar-refractivity contribution is 5.83. The van der Waals surface area contributed by atoms with Gasteiger partial charge in [-0.2, -0.15) is 9.59 Å². The fraction of sp³-hybridized carbons (Fsp3) is 0. The van der Waals surface area contributed by atoms with Crippen molar-refractivity contribution in [1.29, 1.82) is 0 Å². The summed E-state index contributed by atoms with van der Waals surface area (Å²) in [5, 5.41) is 23.4. The van der Waals surface area contributed by atoms with E-state index >= 15 is 0 Å². The summed E-state index contributed by atoms with van der Waals surface area (Å²) in [6, 6.07) is 0. The third-order valence-electron chi connectivity index (χ3n) is 0.341. The topological polar surface area (TPSA) is 112 Å². The molecule has 10 heavy (non-hydrogen) atoms.